The van der Waals surface area contributed by atoms with Crippen LogP contribution in [-0.2, 0) is 4.79 Å². The lowest BCUT2D eigenvalue weighted by atomic mass is 9.89. The van der Waals surface area contributed by atoms with Gasteiger partial charge in [0, 0.05) is 0 Å². The van der Waals surface area contributed by atoms with Crippen molar-refractivity contribution in [2.75, 3.05) is 0 Å². The molecule has 0 unspecified atom stereocenters. The Morgan fingerprint density at radius 1 is 1.36 bits per heavy atom. The van der Waals surface area contributed by atoms with Crippen molar-refractivity contribution in [3.05, 3.63) is 0 Å². The van der Waals surface area contributed by atoms with Crippen LogP contribution in [-0.4, -0.2) is 22.3 Å². The summed E-state index contributed by atoms with van der Waals surface area (Å²) in [6.07, 6.45) is 2.30. The van der Waals surface area contributed by atoms with E-state index in [9.17, 15) is 9.90 Å². The number of carbonyl (C=O) groups is 1. The van der Waals surface area contributed by atoms with Crippen molar-refractivity contribution in [2.24, 2.45) is 17.8 Å². The number of aliphatic hydroxyl groups excluding tert-OH is 1. The number of aliphatic hydroxyl groups is 1. The van der Waals surface area contributed by atoms with Gasteiger partial charge in [-0.15, -0.1) is 0 Å². The van der Waals surface area contributed by atoms with Crippen molar-refractivity contribution in [1.29, 1.82) is 0 Å². The number of rotatable bonds is 1. The summed E-state index contributed by atoms with van der Waals surface area (Å²) in [7, 11) is 0. The molecule has 4 atom stereocenters. The Bertz CT molecular complexity index is 190. The minimum absolute atomic E-state index is 0.0532. The summed E-state index contributed by atoms with van der Waals surface area (Å²) in [6, 6.07) is 0. The summed E-state index contributed by atoms with van der Waals surface area (Å²) in [4.78, 5) is 10.6. The number of hydrogen-bond donors (Lipinski definition) is 2. The maximum absolute atomic E-state index is 10.6. The SMILES string of the molecule is O=C(O)[C@H]1C[C@@H]2CC[C@H]1[C@@H]2O. The van der Waals surface area contributed by atoms with E-state index in [2.05, 4.69) is 0 Å². The zero-order valence-corrected chi connectivity index (χ0v) is 6.23. The van der Waals surface area contributed by atoms with Crippen LogP contribution < -0.4 is 0 Å². The first-order valence-corrected chi connectivity index (χ1v) is 4.11. The summed E-state index contributed by atoms with van der Waals surface area (Å²) in [5, 5.41) is 18.2. The van der Waals surface area contributed by atoms with Gasteiger partial charge in [0.25, 0.3) is 0 Å². The molecule has 0 heterocycles. The molecule has 0 aliphatic heterocycles. The van der Waals surface area contributed by atoms with Gasteiger partial charge < -0.3 is 10.2 Å². The summed E-state index contributed by atoms with van der Waals surface area (Å²) >= 11 is 0. The number of carboxylic acids is 1. The lowest BCUT2D eigenvalue weighted by Crippen LogP contribution is -2.22. The molecule has 62 valence electrons. The second-order valence-electron chi connectivity index (χ2n) is 3.67. The first kappa shape index (κ1) is 7.10. The molecular formula is C8H12O3. The molecule has 3 heteroatoms. The van der Waals surface area contributed by atoms with Crippen LogP contribution in [0.2, 0.25) is 0 Å². The van der Waals surface area contributed by atoms with Crippen molar-refractivity contribution < 1.29 is 15.0 Å². The van der Waals surface area contributed by atoms with Crippen LogP contribution in [0.4, 0.5) is 0 Å². The van der Waals surface area contributed by atoms with Crippen LogP contribution >= 0.6 is 0 Å². The highest BCUT2D eigenvalue weighted by atomic mass is 16.4. The van der Waals surface area contributed by atoms with E-state index in [4.69, 9.17) is 5.11 Å². The van der Waals surface area contributed by atoms with Gasteiger partial charge in [0.05, 0.1) is 12.0 Å². The fourth-order valence-electron chi connectivity index (χ4n) is 2.58. The second-order valence-corrected chi connectivity index (χ2v) is 3.67. The van der Waals surface area contributed by atoms with E-state index in [0.717, 1.165) is 12.8 Å². The van der Waals surface area contributed by atoms with Crippen LogP contribution in [0.5, 0.6) is 0 Å². The van der Waals surface area contributed by atoms with Crippen LogP contribution in [0.25, 0.3) is 0 Å². The average molecular weight is 156 g/mol. The largest absolute Gasteiger partial charge is 0.481 e. The number of aliphatic carboxylic acids is 1. The van der Waals surface area contributed by atoms with Crippen LogP contribution in [0.15, 0.2) is 0 Å². The smallest absolute Gasteiger partial charge is 0.306 e. The molecule has 0 amide bonds. The van der Waals surface area contributed by atoms with E-state index < -0.39 is 5.97 Å². The second kappa shape index (κ2) is 2.21. The average Bonchev–Trinajstić information content (AvgIpc) is 2.46. The molecule has 11 heavy (non-hydrogen) atoms. The minimum atomic E-state index is -0.726. The van der Waals surface area contributed by atoms with Gasteiger partial charge >= 0.3 is 5.97 Å². The van der Waals surface area contributed by atoms with E-state index >= 15 is 0 Å². The maximum atomic E-state index is 10.6. The minimum Gasteiger partial charge on any atom is -0.481 e. The number of carboxylic acid groups (broad SMARTS) is 1. The molecule has 0 saturated heterocycles. The maximum Gasteiger partial charge on any atom is 0.306 e. The topological polar surface area (TPSA) is 57.5 Å². The predicted molar refractivity (Wildman–Crippen MR) is 38.0 cm³/mol. The number of hydrogen-bond acceptors (Lipinski definition) is 2. The van der Waals surface area contributed by atoms with Crippen LogP contribution in [0.3, 0.4) is 0 Å². The van der Waals surface area contributed by atoms with Crippen molar-refractivity contribution in [3.63, 3.8) is 0 Å². The molecule has 0 aromatic heterocycles. The molecule has 0 aromatic carbocycles. The van der Waals surface area contributed by atoms with Crippen molar-refractivity contribution in [2.45, 2.75) is 25.4 Å². The molecule has 0 aromatic rings. The first-order chi connectivity index (χ1) is 5.20. The van der Waals surface area contributed by atoms with Crippen molar-refractivity contribution in [1.82, 2.24) is 0 Å². The first-order valence-electron chi connectivity index (χ1n) is 4.11. The van der Waals surface area contributed by atoms with Crippen molar-refractivity contribution in [3.8, 4) is 0 Å². The standard InChI is InChI=1S/C8H12O3/c9-7-4-1-2-5(7)6(3-4)8(10)11/h4-7,9H,1-3H2,(H,10,11)/t4-,5+,6-,7+/m0/s1. The summed E-state index contributed by atoms with van der Waals surface area (Å²) in [6.45, 7) is 0. The highest BCUT2D eigenvalue weighted by molar-refractivity contribution is 5.71. The van der Waals surface area contributed by atoms with Gasteiger partial charge in [0.1, 0.15) is 0 Å². The monoisotopic (exact) mass is 156 g/mol. The molecule has 0 spiro atoms. The Balaban J connectivity index is 2.14. The van der Waals surface area contributed by atoms with E-state index in [1.807, 2.05) is 0 Å². The van der Waals surface area contributed by atoms with Gasteiger partial charge in [-0.3, -0.25) is 4.79 Å². The Morgan fingerprint density at radius 3 is 2.36 bits per heavy atom. The molecule has 2 aliphatic carbocycles. The molecule has 3 nitrogen and oxygen atoms in total. The van der Waals surface area contributed by atoms with Gasteiger partial charge in [-0.1, -0.05) is 0 Å². The molecule has 0 radical (unpaired) electrons. The van der Waals surface area contributed by atoms with Gasteiger partial charge in [0.15, 0.2) is 0 Å². The Hall–Kier alpha value is -0.570. The molecular weight excluding hydrogens is 144 g/mol. The fraction of sp³-hybridized carbons (Fsp3) is 0.875. The highest BCUT2D eigenvalue weighted by Gasteiger charge is 2.49. The quantitative estimate of drug-likeness (QED) is 0.580. The third kappa shape index (κ3) is 0.872. The summed E-state index contributed by atoms with van der Waals surface area (Å²) in [5.74, 6) is -0.654. The lowest BCUT2D eigenvalue weighted by Gasteiger charge is -2.15. The molecule has 2 aliphatic rings. The zero-order chi connectivity index (χ0) is 8.01. The Kier molecular flexibility index (Phi) is 1.42. The number of fused-ring (bicyclic) bond motifs is 2. The van der Waals surface area contributed by atoms with Gasteiger partial charge in [-0.2, -0.15) is 0 Å². The van der Waals surface area contributed by atoms with Crippen molar-refractivity contribution >= 4 is 5.97 Å². The molecule has 2 N–H and O–H groups in total. The highest BCUT2D eigenvalue weighted by Crippen LogP contribution is 2.48. The normalized spacial score (nSPS) is 48.1. The third-order valence-electron chi connectivity index (χ3n) is 3.18. The third-order valence-corrected chi connectivity index (χ3v) is 3.18. The lowest BCUT2D eigenvalue weighted by molar-refractivity contribution is -0.143. The van der Waals surface area contributed by atoms with E-state index in [1.165, 1.54) is 0 Å². The zero-order valence-electron chi connectivity index (χ0n) is 6.23. The summed E-state index contributed by atoms with van der Waals surface area (Å²) in [5.41, 5.74) is 0. The fourth-order valence-corrected chi connectivity index (χ4v) is 2.58. The summed E-state index contributed by atoms with van der Waals surface area (Å²) < 4.78 is 0. The Labute approximate surface area is 65.0 Å². The molecule has 2 rings (SSSR count). The molecule has 2 bridgehead atoms. The van der Waals surface area contributed by atoms with Gasteiger partial charge in [0.2, 0.25) is 0 Å². The van der Waals surface area contributed by atoms with E-state index in [0.29, 0.717) is 6.42 Å². The predicted octanol–water partition coefficient (Wildman–Crippen LogP) is 0.478. The van der Waals surface area contributed by atoms with E-state index in [1.54, 1.807) is 0 Å². The van der Waals surface area contributed by atoms with Gasteiger partial charge in [-0.25, -0.2) is 0 Å². The van der Waals surface area contributed by atoms with Crippen LogP contribution in [0.1, 0.15) is 19.3 Å². The van der Waals surface area contributed by atoms with Gasteiger partial charge in [-0.05, 0) is 31.1 Å². The molecule has 2 fully saturated rings. The van der Waals surface area contributed by atoms with E-state index in [-0.39, 0.29) is 23.9 Å². The molecule has 2 saturated carbocycles. The Morgan fingerprint density at radius 2 is 2.09 bits per heavy atom. The van der Waals surface area contributed by atoms with Crippen LogP contribution in [0, 0.1) is 17.8 Å².